The van der Waals surface area contributed by atoms with Gasteiger partial charge in [0.15, 0.2) is 0 Å². The highest BCUT2D eigenvalue weighted by Crippen LogP contribution is 2.26. The number of alkyl halides is 3. The van der Waals surface area contributed by atoms with Gasteiger partial charge in [-0.15, -0.1) is 4.31 Å². The molecule has 0 aliphatic heterocycles. The third kappa shape index (κ3) is 2.45. The lowest BCUT2D eigenvalue weighted by Gasteiger charge is -2.19. The van der Waals surface area contributed by atoms with E-state index in [1.54, 1.807) is 0 Å². The van der Waals surface area contributed by atoms with E-state index in [1.807, 2.05) is 0 Å². The minimum atomic E-state index is -4.94. The highest BCUT2D eigenvalue weighted by atomic mass is 32.2. The molecular weight excluding hydrogens is 233 g/mol. The maximum absolute atomic E-state index is 12.2. The van der Waals surface area contributed by atoms with Crippen molar-refractivity contribution in [2.24, 2.45) is 0 Å². The molecule has 1 rings (SSSR count). The lowest BCUT2D eigenvalue weighted by Crippen LogP contribution is -2.39. The third-order valence-corrected chi connectivity index (χ3v) is 3.42. The van der Waals surface area contributed by atoms with Crippen molar-refractivity contribution >= 4 is 10.0 Å². The molecule has 0 saturated heterocycles. The van der Waals surface area contributed by atoms with Gasteiger partial charge in [-0.3, -0.25) is 4.98 Å². The largest absolute Gasteiger partial charge is 0.473 e. The average molecular weight is 240 g/mol. The van der Waals surface area contributed by atoms with Crippen LogP contribution in [0.3, 0.4) is 0 Å². The monoisotopic (exact) mass is 240 g/mol. The van der Waals surface area contributed by atoms with Crippen molar-refractivity contribution in [1.82, 2.24) is 9.29 Å². The third-order valence-electron chi connectivity index (χ3n) is 1.65. The molecule has 15 heavy (non-hydrogen) atoms. The molecule has 0 atom stereocenters. The molecule has 4 nitrogen and oxygen atoms in total. The maximum atomic E-state index is 12.2. The number of nitrogens with zero attached hydrogens (tertiary/aromatic N) is 2. The smallest absolute Gasteiger partial charge is 0.263 e. The highest BCUT2D eigenvalue weighted by molar-refractivity contribution is 7.89. The summed E-state index contributed by atoms with van der Waals surface area (Å²) in [5, 5.41) is 0. The van der Waals surface area contributed by atoms with Gasteiger partial charge in [0.1, 0.15) is 4.90 Å². The molecule has 1 heterocycles. The van der Waals surface area contributed by atoms with Crippen molar-refractivity contribution in [2.75, 3.05) is 7.05 Å². The molecule has 0 aromatic carbocycles. The van der Waals surface area contributed by atoms with Crippen LogP contribution in [0, 0.1) is 0 Å². The zero-order valence-corrected chi connectivity index (χ0v) is 8.38. The Hall–Kier alpha value is -1.15. The molecule has 0 radical (unpaired) electrons. The molecule has 0 bridgehead atoms. The zero-order chi connectivity index (χ0) is 11.7. The van der Waals surface area contributed by atoms with E-state index >= 15 is 0 Å². The second-order valence-electron chi connectivity index (χ2n) is 2.63. The summed E-state index contributed by atoms with van der Waals surface area (Å²) in [4.78, 5) is 2.95. The van der Waals surface area contributed by atoms with E-state index in [2.05, 4.69) is 4.98 Å². The molecule has 1 aromatic heterocycles. The predicted molar refractivity (Wildman–Crippen MR) is 45.2 cm³/mol. The zero-order valence-electron chi connectivity index (χ0n) is 7.56. The van der Waals surface area contributed by atoms with Crippen LogP contribution in [-0.2, 0) is 10.0 Å². The van der Waals surface area contributed by atoms with Crippen molar-refractivity contribution in [3.8, 4) is 0 Å². The number of hydrogen-bond donors (Lipinski definition) is 0. The minimum Gasteiger partial charge on any atom is -0.263 e. The fraction of sp³-hybridized carbons (Fsp3) is 0.286. The average Bonchev–Trinajstić information content (AvgIpc) is 2.16. The van der Waals surface area contributed by atoms with Crippen LogP contribution < -0.4 is 0 Å². The number of pyridine rings is 1. The molecule has 0 aliphatic carbocycles. The molecule has 84 valence electrons. The summed E-state index contributed by atoms with van der Waals surface area (Å²) in [5.74, 6) is 0. The lowest BCUT2D eigenvalue weighted by molar-refractivity contribution is -0.202. The SMILES string of the molecule is CN(C(F)(F)F)S(=O)(=O)c1cccnc1. The van der Waals surface area contributed by atoms with Gasteiger partial charge in [-0.25, -0.2) is 8.42 Å². The Kier molecular flexibility index (Phi) is 3.00. The molecular formula is C7H7F3N2O2S. The van der Waals surface area contributed by atoms with Crippen LogP contribution >= 0.6 is 0 Å². The molecule has 1 aromatic rings. The highest BCUT2D eigenvalue weighted by Gasteiger charge is 2.43. The summed E-state index contributed by atoms with van der Waals surface area (Å²) in [6, 6.07) is 2.29. The first kappa shape index (κ1) is 11.9. The van der Waals surface area contributed by atoms with E-state index in [1.165, 1.54) is 12.3 Å². The van der Waals surface area contributed by atoms with Crippen LogP contribution in [0.25, 0.3) is 0 Å². The van der Waals surface area contributed by atoms with Gasteiger partial charge in [0, 0.05) is 19.4 Å². The summed E-state index contributed by atoms with van der Waals surface area (Å²) in [7, 11) is -4.10. The van der Waals surface area contributed by atoms with Gasteiger partial charge < -0.3 is 0 Å². The van der Waals surface area contributed by atoms with Gasteiger partial charge in [0.2, 0.25) is 0 Å². The predicted octanol–water partition coefficient (Wildman–Crippen LogP) is 1.22. The van der Waals surface area contributed by atoms with Crippen molar-refractivity contribution in [1.29, 1.82) is 0 Å². The Morgan fingerprint density at radius 1 is 1.40 bits per heavy atom. The lowest BCUT2D eigenvalue weighted by atomic mass is 10.5. The fourth-order valence-electron chi connectivity index (χ4n) is 0.794. The molecule has 0 N–H and O–H groups in total. The number of aromatic nitrogens is 1. The fourth-order valence-corrected chi connectivity index (χ4v) is 1.83. The van der Waals surface area contributed by atoms with Gasteiger partial charge in [-0.05, 0) is 12.1 Å². The second kappa shape index (κ2) is 3.78. The first-order valence-electron chi connectivity index (χ1n) is 3.72. The Labute approximate surface area is 84.4 Å². The van der Waals surface area contributed by atoms with Gasteiger partial charge in [-0.2, -0.15) is 13.2 Å². The van der Waals surface area contributed by atoms with Crippen molar-refractivity contribution in [3.63, 3.8) is 0 Å². The van der Waals surface area contributed by atoms with Crippen molar-refractivity contribution < 1.29 is 21.6 Å². The Bertz CT molecular complexity index is 429. The number of sulfonamides is 1. The van der Waals surface area contributed by atoms with Crippen LogP contribution in [0.15, 0.2) is 29.4 Å². The van der Waals surface area contributed by atoms with Gasteiger partial charge in [0.05, 0.1) is 0 Å². The van der Waals surface area contributed by atoms with Crippen LogP contribution in [0.4, 0.5) is 13.2 Å². The molecule has 8 heteroatoms. The summed E-state index contributed by atoms with van der Waals surface area (Å²) in [6.45, 7) is 0. The van der Waals surface area contributed by atoms with Crippen LogP contribution in [0.2, 0.25) is 0 Å². The van der Waals surface area contributed by atoms with E-state index in [0.717, 1.165) is 12.3 Å². The molecule has 0 saturated carbocycles. The normalized spacial score (nSPS) is 13.1. The quantitative estimate of drug-likeness (QED) is 0.730. The first-order chi connectivity index (χ1) is 6.76. The van der Waals surface area contributed by atoms with E-state index < -0.39 is 25.5 Å². The van der Waals surface area contributed by atoms with Crippen molar-refractivity contribution in [3.05, 3.63) is 24.5 Å². The molecule has 0 amide bonds. The van der Waals surface area contributed by atoms with E-state index in [0.29, 0.717) is 7.05 Å². The van der Waals surface area contributed by atoms with Crippen LogP contribution in [0.5, 0.6) is 0 Å². The summed E-state index contributed by atoms with van der Waals surface area (Å²) >= 11 is 0. The van der Waals surface area contributed by atoms with Crippen molar-refractivity contribution in [2.45, 2.75) is 11.2 Å². The Morgan fingerprint density at radius 3 is 2.40 bits per heavy atom. The Morgan fingerprint density at radius 2 is 2.00 bits per heavy atom. The first-order valence-corrected chi connectivity index (χ1v) is 5.16. The van der Waals surface area contributed by atoms with E-state index in [9.17, 15) is 21.6 Å². The summed E-state index contributed by atoms with van der Waals surface area (Å²) in [6.07, 6.45) is -2.81. The summed E-state index contributed by atoms with van der Waals surface area (Å²) < 4.78 is 58.5. The topological polar surface area (TPSA) is 50.3 Å². The van der Waals surface area contributed by atoms with Gasteiger partial charge in [0.25, 0.3) is 10.0 Å². The summed E-state index contributed by atoms with van der Waals surface area (Å²) in [5.41, 5.74) is 0. The minimum absolute atomic E-state index is 0.447. The number of hydrogen-bond acceptors (Lipinski definition) is 3. The number of halogens is 3. The van der Waals surface area contributed by atoms with E-state index in [-0.39, 0.29) is 0 Å². The molecule has 0 spiro atoms. The second-order valence-corrected chi connectivity index (χ2v) is 4.60. The Balaban J connectivity index is 3.16. The van der Waals surface area contributed by atoms with Crippen LogP contribution in [-0.4, -0.2) is 31.1 Å². The number of rotatable bonds is 2. The molecule has 0 unspecified atom stereocenters. The molecule has 0 fully saturated rings. The van der Waals surface area contributed by atoms with E-state index in [4.69, 9.17) is 0 Å². The maximum Gasteiger partial charge on any atom is 0.473 e. The molecule has 0 aliphatic rings. The van der Waals surface area contributed by atoms with Gasteiger partial charge >= 0.3 is 6.30 Å². The van der Waals surface area contributed by atoms with Crippen LogP contribution in [0.1, 0.15) is 0 Å². The standard InChI is InChI=1S/C7H7F3N2O2S/c1-12(7(8,9)10)15(13,14)6-3-2-4-11-5-6/h2-5H,1H3. The van der Waals surface area contributed by atoms with Gasteiger partial charge in [-0.1, -0.05) is 0 Å².